The van der Waals surface area contributed by atoms with Crippen LogP contribution >= 0.6 is 23.2 Å². The van der Waals surface area contributed by atoms with Gasteiger partial charge in [0.2, 0.25) is 0 Å². The van der Waals surface area contributed by atoms with E-state index in [0.717, 1.165) is 5.56 Å². The fourth-order valence-corrected chi connectivity index (χ4v) is 1.09. The molecule has 1 rings (SSSR count). The molecule has 0 aliphatic carbocycles. The Bertz CT molecular complexity index is 218. The highest BCUT2D eigenvalue weighted by Gasteiger charge is 2.00. The molecular formula is C8H8Cl2O. The molecule has 0 aliphatic heterocycles. The molecule has 60 valence electrons. The number of aliphatic hydroxyl groups excluding tert-OH is 1. The van der Waals surface area contributed by atoms with Crippen molar-refractivity contribution in [1.29, 1.82) is 0 Å². The summed E-state index contributed by atoms with van der Waals surface area (Å²) < 4.78 is 0. The maximum Gasteiger partial charge on any atom is 0.153 e. The van der Waals surface area contributed by atoms with E-state index < -0.39 is 5.56 Å². The van der Waals surface area contributed by atoms with E-state index in [1.54, 1.807) is 12.1 Å². The molecule has 0 aromatic heterocycles. The summed E-state index contributed by atoms with van der Waals surface area (Å²) >= 11 is 11.0. The Morgan fingerprint density at radius 2 is 1.82 bits per heavy atom. The number of rotatable bonds is 2. The second kappa shape index (κ2) is 3.96. The van der Waals surface area contributed by atoms with Crippen molar-refractivity contribution in [1.82, 2.24) is 0 Å². The average Bonchev–Trinajstić information content (AvgIpc) is 2.05. The van der Waals surface area contributed by atoms with Crippen LogP contribution in [0.3, 0.4) is 0 Å². The first kappa shape index (κ1) is 8.85. The first-order valence-electron chi connectivity index (χ1n) is 3.21. The van der Waals surface area contributed by atoms with Crippen molar-refractivity contribution in [2.24, 2.45) is 0 Å². The monoisotopic (exact) mass is 190 g/mol. The van der Waals surface area contributed by atoms with E-state index in [-0.39, 0.29) is 0 Å². The summed E-state index contributed by atoms with van der Waals surface area (Å²) in [5, 5.41) is 8.92. The van der Waals surface area contributed by atoms with Gasteiger partial charge in [-0.2, -0.15) is 0 Å². The summed E-state index contributed by atoms with van der Waals surface area (Å²) in [6, 6.07) is 7.20. The number of halogens is 2. The molecule has 0 spiro atoms. The molecule has 0 heterocycles. The van der Waals surface area contributed by atoms with E-state index in [9.17, 15) is 0 Å². The van der Waals surface area contributed by atoms with E-state index in [0.29, 0.717) is 11.4 Å². The van der Waals surface area contributed by atoms with E-state index >= 15 is 0 Å². The van der Waals surface area contributed by atoms with Gasteiger partial charge in [-0.05, 0) is 11.1 Å². The quantitative estimate of drug-likeness (QED) is 0.712. The highest BCUT2D eigenvalue weighted by Crippen LogP contribution is 2.17. The standard InChI is InChI=1S/C8H8Cl2O/c9-5-6-1-3-7(4-2-6)8(10)11/h1-4,8,11H,5H2. The molecule has 1 aromatic rings. The topological polar surface area (TPSA) is 20.2 Å². The summed E-state index contributed by atoms with van der Waals surface area (Å²) in [4.78, 5) is 0. The summed E-state index contributed by atoms with van der Waals surface area (Å²) in [6.45, 7) is 0. The lowest BCUT2D eigenvalue weighted by atomic mass is 10.2. The van der Waals surface area contributed by atoms with Gasteiger partial charge in [-0.3, -0.25) is 0 Å². The van der Waals surface area contributed by atoms with Gasteiger partial charge in [-0.1, -0.05) is 35.9 Å². The van der Waals surface area contributed by atoms with Gasteiger partial charge in [-0.25, -0.2) is 0 Å². The summed E-state index contributed by atoms with van der Waals surface area (Å²) in [5.41, 5.74) is 0.799. The molecule has 1 atom stereocenters. The third-order valence-corrected chi connectivity index (χ3v) is 1.97. The molecule has 0 saturated carbocycles. The average molecular weight is 191 g/mol. The van der Waals surface area contributed by atoms with E-state index in [4.69, 9.17) is 28.3 Å². The first-order chi connectivity index (χ1) is 5.24. The maximum absolute atomic E-state index is 8.92. The minimum absolute atomic E-state index is 0.485. The Hall–Kier alpha value is -0.240. The van der Waals surface area contributed by atoms with Gasteiger partial charge in [-0.15, -0.1) is 11.6 Å². The Kier molecular flexibility index (Phi) is 3.18. The third-order valence-electron chi connectivity index (χ3n) is 1.41. The second-order valence-corrected chi connectivity index (χ2v) is 2.89. The van der Waals surface area contributed by atoms with Gasteiger partial charge >= 0.3 is 0 Å². The summed E-state index contributed by atoms with van der Waals surface area (Å²) in [7, 11) is 0. The Morgan fingerprint density at radius 3 is 2.18 bits per heavy atom. The molecule has 0 bridgehead atoms. The van der Waals surface area contributed by atoms with Crippen molar-refractivity contribution in [2.45, 2.75) is 11.4 Å². The minimum atomic E-state index is -0.917. The van der Waals surface area contributed by atoms with Crippen LogP contribution in [0, 0.1) is 0 Å². The van der Waals surface area contributed by atoms with Crippen molar-refractivity contribution in [3.05, 3.63) is 35.4 Å². The number of aliphatic hydroxyl groups is 1. The van der Waals surface area contributed by atoms with Crippen molar-refractivity contribution < 1.29 is 5.11 Å². The van der Waals surface area contributed by atoms with Crippen LogP contribution in [-0.4, -0.2) is 5.11 Å². The van der Waals surface area contributed by atoms with Gasteiger partial charge in [0.1, 0.15) is 0 Å². The highest BCUT2D eigenvalue weighted by molar-refractivity contribution is 6.19. The van der Waals surface area contributed by atoms with E-state index in [2.05, 4.69) is 0 Å². The van der Waals surface area contributed by atoms with Gasteiger partial charge < -0.3 is 5.11 Å². The fourth-order valence-electron chi connectivity index (χ4n) is 0.766. The number of hydrogen-bond donors (Lipinski definition) is 1. The number of hydrogen-bond acceptors (Lipinski definition) is 1. The molecule has 11 heavy (non-hydrogen) atoms. The maximum atomic E-state index is 8.92. The molecular weight excluding hydrogens is 183 g/mol. The molecule has 0 saturated heterocycles. The fraction of sp³-hybridized carbons (Fsp3) is 0.250. The summed E-state index contributed by atoms with van der Waals surface area (Å²) in [6.07, 6.45) is 0. The molecule has 0 amide bonds. The molecule has 1 nitrogen and oxygen atoms in total. The predicted molar refractivity (Wildman–Crippen MR) is 46.8 cm³/mol. The van der Waals surface area contributed by atoms with E-state index in [1.807, 2.05) is 12.1 Å². The van der Waals surface area contributed by atoms with Gasteiger partial charge in [0.25, 0.3) is 0 Å². The highest BCUT2D eigenvalue weighted by atomic mass is 35.5. The van der Waals surface area contributed by atoms with Crippen LogP contribution in [0.25, 0.3) is 0 Å². The van der Waals surface area contributed by atoms with Crippen LogP contribution in [0.5, 0.6) is 0 Å². The van der Waals surface area contributed by atoms with Gasteiger partial charge in [0.05, 0.1) is 0 Å². The predicted octanol–water partition coefficient (Wildman–Crippen LogP) is 2.66. The smallest absolute Gasteiger partial charge is 0.153 e. The second-order valence-electron chi connectivity index (χ2n) is 2.21. The zero-order valence-electron chi connectivity index (χ0n) is 5.80. The Morgan fingerprint density at radius 1 is 1.27 bits per heavy atom. The lowest BCUT2D eigenvalue weighted by Crippen LogP contribution is -1.87. The molecule has 1 unspecified atom stereocenters. The molecule has 3 heteroatoms. The van der Waals surface area contributed by atoms with Crippen LogP contribution in [0.15, 0.2) is 24.3 Å². The minimum Gasteiger partial charge on any atom is -0.373 e. The molecule has 1 aromatic carbocycles. The van der Waals surface area contributed by atoms with Crippen LogP contribution in [0.2, 0.25) is 0 Å². The summed E-state index contributed by atoms with van der Waals surface area (Å²) in [5.74, 6) is 0.485. The number of benzene rings is 1. The van der Waals surface area contributed by atoms with E-state index in [1.165, 1.54) is 0 Å². The van der Waals surface area contributed by atoms with Crippen LogP contribution < -0.4 is 0 Å². The SMILES string of the molecule is OC(Cl)c1ccc(CCl)cc1. The van der Waals surface area contributed by atoms with Crippen LogP contribution in [0.4, 0.5) is 0 Å². The van der Waals surface area contributed by atoms with Gasteiger partial charge in [0.15, 0.2) is 5.56 Å². The number of alkyl halides is 2. The molecule has 0 fully saturated rings. The van der Waals surface area contributed by atoms with Gasteiger partial charge in [0, 0.05) is 5.88 Å². The van der Waals surface area contributed by atoms with Crippen molar-refractivity contribution >= 4 is 23.2 Å². The third kappa shape index (κ3) is 2.37. The lowest BCUT2D eigenvalue weighted by molar-refractivity contribution is 0.263. The molecule has 1 N–H and O–H groups in total. The zero-order chi connectivity index (χ0) is 8.27. The molecule has 0 aliphatic rings. The normalized spacial score (nSPS) is 13.0. The van der Waals surface area contributed by atoms with Crippen molar-refractivity contribution in [2.75, 3.05) is 0 Å². The Labute approximate surface area is 75.6 Å². The van der Waals surface area contributed by atoms with Crippen molar-refractivity contribution in [3.8, 4) is 0 Å². The zero-order valence-corrected chi connectivity index (χ0v) is 7.31. The van der Waals surface area contributed by atoms with Crippen LogP contribution in [0.1, 0.15) is 16.7 Å². The molecule has 0 radical (unpaired) electrons. The van der Waals surface area contributed by atoms with Crippen LogP contribution in [-0.2, 0) is 5.88 Å². The first-order valence-corrected chi connectivity index (χ1v) is 4.18. The largest absolute Gasteiger partial charge is 0.373 e. The lowest BCUT2D eigenvalue weighted by Gasteiger charge is -2.02. The Balaban J connectivity index is 2.83. The van der Waals surface area contributed by atoms with Crippen molar-refractivity contribution in [3.63, 3.8) is 0 Å².